The van der Waals surface area contributed by atoms with Crippen molar-refractivity contribution in [3.05, 3.63) is 100 Å². The number of para-hydroxylation sites is 1. The Hall–Kier alpha value is -3.71. The molecule has 164 valence electrons. The van der Waals surface area contributed by atoms with Gasteiger partial charge in [-0.25, -0.2) is 5.01 Å². The highest BCUT2D eigenvalue weighted by Crippen LogP contribution is 2.52. The number of nitrogens with one attached hydrogen (secondary N) is 1. The van der Waals surface area contributed by atoms with Gasteiger partial charge in [-0.1, -0.05) is 60.7 Å². The SMILES string of the molecule is COc1ccc(/C=C2\SC(=O)NC23Oc2ccccc2C2CC(c4ccccc4)=NN23)cc1. The van der Waals surface area contributed by atoms with E-state index >= 15 is 0 Å². The first-order valence-electron chi connectivity index (χ1n) is 10.7. The number of carbonyl (C=O) groups is 1. The minimum Gasteiger partial charge on any atom is -0.497 e. The highest BCUT2D eigenvalue weighted by atomic mass is 32.2. The predicted octanol–water partition coefficient (Wildman–Crippen LogP) is 5.39. The van der Waals surface area contributed by atoms with E-state index in [2.05, 4.69) is 23.5 Å². The van der Waals surface area contributed by atoms with E-state index in [0.717, 1.165) is 57.0 Å². The second-order valence-corrected chi connectivity index (χ2v) is 9.07. The van der Waals surface area contributed by atoms with E-state index in [1.54, 1.807) is 7.11 Å². The Morgan fingerprint density at radius 3 is 2.64 bits per heavy atom. The van der Waals surface area contributed by atoms with Crippen LogP contribution in [0.25, 0.3) is 6.08 Å². The Labute approximate surface area is 195 Å². The number of benzene rings is 3. The van der Waals surface area contributed by atoms with Crippen molar-refractivity contribution >= 4 is 28.8 Å². The molecule has 0 aromatic heterocycles. The molecule has 3 heterocycles. The van der Waals surface area contributed by atoms with Crippen LogP contribution in [0, 0.1) is 0 Å². The number of amides is 1. The first-order valence-corrected chi connectivity index (χ1v) is 11.5. The molecule has 3 aliphatic heterocycles. The van der Waals surface area contributed by atoms with E-state index < -0.39 is 5.85 Å². The largest absolute Gasteiger partial charge is 0.497 e. The molecule has 7 heteroatoms. The number of ether oxygens (including phenoxy) is 2. The van der Waals surface area contributed by atoms with Gasteiger partial charge in [0.05, 0.1) is 23.8 Å². The van der Waals surface area contributed by atoms with Gasteiger partial charge >= 0.3 is 5.85 Å². The van der Waals surface area contributed by atoms with Gasteiger partial charge in [0.15, 0.2) is 0 Å². The quantitative estimate of drug-likeness (QED) is 0.574. The summed E-state index contributed by atoms with van der Waals surface area (Å²) in [7, 11) is 1.64. The molecule has 0 radical (unpaired) electrons. The molecular formula is C26H21N3O3S. The minimum absolute atomic E-state index is 0.0524. The number of nitrogens with zero attached hydrogens (tertiary/aromatic N) is 2. The Morgan fingerprint density at radius 2 is 1.85 bits per heavy atom. The predicted molar refractivity (Wildman–Crippen MR) is 129 cm³/mol. The maximum atomic E-state index is 12.7. The lowest BCUT2D eigenvalue weighted by molar-refractivity contribution is -0.0949. The zero-order valence-electron chi connectivity index (χ0n) is 17.9. The zero-order valence-corrected chi connectivity index (χ0v) is 18.7. The summed E-state index contributed by atoms with van der Waals surface area (Å²) < 4.78 is 11.8. The van der Waals surface area contributed by atoms with E-state index in [1.807, 2.05) is 71.7 Å². The van der Waals surface area contributed by atoms with Gasteiger partial charge in [-0.2, -0.15) is 5.10 Å². The van der Waals surface area contributed by atoms with Gasteiger partial charge in [-0.15, -0.1) is 0 Å². The summed E-state index contributed by atoms with van der Waals surface area (Å²) in [6.45, 7) is 0. The van der Waals surface area contributed by atoms with Crippen LogP contribution in [-0.2, 0) is 0 Å². The number of hydrazone groups is 1. The molecule has 3 aromatic rings. The third kappa shape index (κ3) is 3.27. The first-order chi connectivity index (χ1) is 16.2. The molecule has 3 aliphatic rings. The van der Waals surface area contributed by atoms with Crippen LogP contribution in [0.15, 0.2) is 88.9 Å². The maximum absolute atomic E-state index is 12.7. The van der Waals surface area contributed by atoms with Gasteiger partial charge in [-0.3, -0.25) is 10.1 Å². The second-order valence-electron chi connectivity index (χ2n) is 8.06. The average Bonchev–Trinajstić information content (AvgIpc) is 3.43. The molecule has 6 rings (SSSR count). The lowest BCUT2D eigenvalue weighted by Gasteiger charge is -2.45. The van der Waals surface area contributed by atoms with Crippen LogP contribution in [0.5, 0.6) is 11.5 Å². The van der Waals surface area contributed by atoms with Gasteiger partial charge in [0, 0.05) is 12.0 Å². The van der Waals surface area contributed by atoms with Crippen molar-refractivity contribution in [2.24, 2.45) is 5.10 Å². The van der Waals surface area contributed by atoms with Crippen LogP contribution in [0.3, 0.4) is 0 Å². The smallest absolute Gasteiger partial charge is 0.314 e. The van der Waals surface area contributed by atoms with Crippen LogP contribution in [0.1, 0.15) is 29.2 Å². The Bertz CT molecular complexity index is 1290. The molecule has 1 fully saturated rings. The summed E-state index contributed by atoms with van der Waals surface area (Å²) in [5.41, 5.74) is 4.04. The molecule has 0 aliphatic carbocycles. The lowest BCUT2D eigenvalue weighted by atomic mass is 9.95. The number of fused-ring (bicyclic) bond motifs is 4. The fraction of sp³-hybridized carbons (Fsp3) is 0.154. The lowest BCUT2D eigenvalue weighted by Crippen LogP contribution is -2.61. The number of methoxy groups -OCH3 is 1. The molecular weight excluding hydrogens is 434 g/mol. The van der Waals surface area contributed by atoms with Crippen molar-refractivity contribution in [2.45, 2.75) is 18.3 Å². The van der Waals surface area contributed by atoms with Crippen molar-refractivity contribution in [1.29, 1.82) is 0 Å². The summed E-state index contributed by atoms with van der Waals surface area (Å²) in [5.74, 6) is 0.336. The number of carbonyl (C=O) groups excluding carboxylic acids is 1. The van der Waals surface area contributed by atoms with Crippen LogP contribution < -0.4 is 14.8 Å². The Morgan fingerprint density at radius 1 is 1.09 bits per heavy atom. The zero-order chi connectivity index (χ0) is 22.4. The van der Waals surface area contributed by atoms with E-state index in [4.69, 9.17) is 14.6 Å². The van der Waals surface area contributed by atoms with E-state index in [1.165, 1.54) is 0 Å². The molecule has 2 atom stereocenters. The monoisotopic (exact) mass is 455 g/mol. The minimum atomic E-state index is -1.20. The first kappa shape index (κ1) is 19.9. The molecule has 33 heavy (non-hydrogen) atoms. The number of hydrogen-bond donors (Lipinski definition) is 1. The van der Waals surface area contributed by atoms with Crippen LogP contribution in [0.4, 0.5) is 4.79 Å². The third-order valence-electron chi connectivity index (χ3n) is 6.10. The van der Waals surface area contributed by atoms with Gasteiger partial charge in [0.25, 0.3) is 5.24 Å². The fourth-order valence-electron chi connectivity index (χ4n) is 4.52. The second kappa shape index (κ2) is 7.71. The highest BCUT2D eigenvalue weighted by Gasteiger charge is 2.58. The molecule has 0 saturated carbocycles. The van der Waals surface area contributed by atoms with Gasteiger partial charge in [0.1, 0.15) is 11.5 Å². The van der Waals surface area contributed by atoms with Gasteiger partial charge in [0.2, 0.25) is 0 Å². The van der Waals surface area contributed by atoms with Crippen molar-refractivity contribution in [1.82, 2.24) is 10.3 Å². The third-order valence-corrected chi connectivity index (χ3v) is 7.00. The highest BCUT2D eigenvalue weighted by molar-refractivity contribution is 8.17. The normalized spacial score (nSPS) is 24.2. The number of thioether (sulfide) groups is 1. The molecule has 6 nitrogen and oxygen atoms in total. The number of hydrogen-bond acceptors (Lipinski definition) is 6. The summed E-state index contributed by atoms with van der Waals surface area (Å²) in [4.78, 5) is 13.5. The summed E-state index contributed by atoms with van der Waals surface area (Å²) in [6.07, 6.45) is 2.70. The van der Waals surface area contributed by atoms with Crippen LogP contribution >= 0.6 is 11.8 Å². The van der Waals surface area contributed by atoms with E-state index in [0.29, 0.717) is 0 Å². The fourth-order valence-corrected chi connectivity index (χ4v) is 5.43. The summed E-state index contributed by atoms with van der Waals surface area (Å²) in [6, 6.07) is 25.8. The summed E-state index contributed by atoms with van der Waals surface area (Å²) >= 11 is 1.14. The molecule has 1 amide bonds. The van der Waals surface area contributed by atoms with E-state index in [9.17, 15) is 4.79 Å². The molecule has 1 N–H and O–H groups in total. The number of rotatable bonds is 3. The van der Waals surface area contributed by atoms with Crippen molar-refractivity contribution in [3.63, 3.8) is 0 Å². The van der Waals surface area contributed by atoms with Gasteiger partial charge in [-0.05, 0) is 47.2 Å². The Kier molecular flexibility index (Phi) is 4.66. The summed E-state index contributed by atoms with van der Waals surface area (Å²) in [5, 5.41) is 9.83. The molecule has 1 saturated heterocycles. The Balaban J connectivity index is 1.49. The molecule has 3 aromatic carbocycles. The molecule has 2 unspecified atom stereocenters. The van der Waals surface area contributed by atoms with Crippen LogP contribution in [0.2, 0.25) is 0 Å². The van der Waals surface area contributed by atoms with Crippen molar-refractivity contribution in [3.8, 4) is 11.5 Å². The average molecular weight is 456 g/mol. The molecule has 1 spiro atoms. The topological polar surface area (TPSA) is 63.2 Å². The standard InChI is InChI=1S/C26H21N3O3S/c1-31-19-13-11-17(12-14-19)15-24-26(27-25(30)33-24)29-22(20-9-5-6-10-23(20)32-26)16-21(28-29)18-7-3-2-4-8-18/h2-15,22H,16H2,1H3,(H,27,30)/b24-15-. The van der Waals surface area contributed by atoms with Crippen LogP contribution in [-0.4, -0.2) is 28.9 Å². The van der Waals surface area contributed by atoms with E-state index in [-0.39, 0.29) is 11.3 Å². The maximum Gasteiger partial charge on any atom is 0.314 e. The molecule has 0 bridgehead atoms. The van der Waals surface area contributed by atoms with Crippen molar-refractivity contribution < 1.29 is 14.3 Å². The van der Waals surface area contributed by atoms with Crippen molar-refractivity contribution in [2.75, 3.05) is 7.11 Å². The van der Waals surface area contributed by atoms with Gasteiger partial charge < -0.3 is 9.47 Å².